The van der Waals surface area contributed by atoms with E-state index in [-0.39, 0.29) is 5.75 Å². The Morgan fingerprint density at radius 3 is 2.64 bits per heavy atom. The number of hydrogen-bond donors (Lipinski definition) is 1. The fraction of sp³-hybridized carbons (Fsp3) is 0.500. The topological polar surface area (TPSA) is 49.8 Å². The predicted molar refractivity (Wildman–Crippen MR) is 77.3 cm³/mol. The molecule has 1 N–H and O–H groups in total. The van der Waals surface area contributed by atoms with Crippen LogP contribution in [0.15, 0.2) is 24.3 Å². The Morgan fingerprint density at radius 1 is 1.36 bits per heavy atom. The van der Waals surface area contributed by atoms with Gasteiger partial charge in [0.15, 0.2) is 6.61 Å². The maximum Gasteiger partial charge on any atom is 0.422 e. The number of alkyl halides is 3. The van der Waals surface area contributed by atoms with Gasteiger partial charge in [-0.05, 0) is 17.7 Å². The van der Waals surface area contributed by atoms with Crippen molar-refractivity contribution in [2.24, 2.45) is 0 Å². The fourth-order valence-electron chi connectivity index (χ4n) is 2.28. The number of carboxylic acids is 1. The molecule has 0 aromatic heterocycles. The van der Waals surface area contributed by atoms with Gasteiger partial charge in [-0.15, -0.1) is 0 Å². The van der Waals surface area contributed by atoms with E-state index in [1.54, 1.807) is 17.8 Å². The van der Waals surface area contributed by atoms with Crippen LogP contribution in [0.3, 0.4) is 0 Å². The van der Waals surface area contributed by atoms with Crippen LogP contribution in [0.25, 0.3) is 0 Å². The van der Waals surface area contributed by atoms with Crippen molar-refractivity contribution in [3.63, 3.8) is 0 Å². The lowest BCUT2D eigenvalue weighted by atomic mass is 10.0. The quantitative estimate of drug-likeness (QED) is 0.897. The van der Waals surface area contributed by atoms with Crippen molar-refractivity contribution in [3.8, 4) is 5.75 Å². The highest BCUT2D eigenvalue weighted by molar-refractivity contribution is 7.99. The molecule has 8 heteroatoms. The van der Waals surface area contributed by atoms with E-state index in [4.69, 9.17) is 0 Å². The minimum absolute atomic E-state index is 0.0208. The summed E-state index contributed by atoms with van der Waals surface area (Å²) < 4.78 is 41.3. The Bertz CT molecular complexity index is 518. The van der Waals surface area contributed by atoms with Crippen LogP contribution in [0.1, 0.15) is 11.6 Å². The molecule has 1 aromatic rings. The molecule has 1 aromatic carbocycles. The van der Waals surface area contributed by atoms with E-state index in [0.29, 0.717) is 18.7 Å². The zero-order valence-corrected chi connectivity index (χ0v) is 12.5. The Hall–Kier alpha value is -1.41. The van der Waals surface area contributed by atoms with E-state index in [2.05, 4.69) is 4.74 Å². The highest BCUT2D eigenvalue weighted by Gasteiger charge is 2.30. The third kappa shape index (κ3) is 4.81. The number of ether oxygens (including phenoxy) is 1. The molecule has 1 fully saturated rings. The average molecular weight is 335 g/mol. The second-order valence-corrected chi connectivity index (χ2v) is 6.09. The monoisotopic (exact) mass is 335 g/mol. The maximum atomic E-state index is 12.2. The van der Waals surface area contributed by atoms with Crippen LogP contribution in [0.2, 0.25) is 0 Å². The molecule has 1 heterocycles. The van der Waals surface area contributed by atoms with Gasteiger partial charge in [0.05, 0.1) is 0 Å². The van der Waals surface area contributed by atoms with E-state index < -0.39 is 24.8 Å². The van der Waals surface area contributed by atoms with Gasteiger partial charge in [0.25, 0.3) is 0 Å². The first-order valence-corrected chi connectivity index (χ1v) is 7.86. The summed E-state index contributed by atoms with van der Waals surface area (Å²) in [6.45, 7) is -0.126. The predicted octanol–water partition coefficient (Wildman–Crippen LogP) is 2.80. The first-order chi connectivity index (χ1) is 10.4. The molecular formula is C14H16F3NO3S. The second-order valence-electron chi connectivity index (χ2n) is 4.87. The number of halogens is 3. The van der Waals surface area contributed by atoms with Gasteiger partial charge in [-0.2, -0.15) is 24.9 Å². The number of rotatable bonds is 5. The molecule has 0 saturated carbocycles. The van der Waals surface area contributed by atoms with E-state index in [1.807, 2.05) is 4.90 Å². The summed E-state index contributed by atoms with van der Waals surface area (Å²) in [6.07, 6.45) is -4.42. The minimum atomic E-state index is -4.42. The molecule has 22 heavy (non-hydrogen) atoms. The Labute approximate surface area is 130 Å². The number of hydrogen-bond acceptors (Lipinski definition) is 4. The van der Waals surface area contributed by atoms with Crippen LogP contribution >= 0.6 is 11.8 Å². The lowest BCUT2D eigenvalue weighted by Crippen LogP contribution is -2.39. The van der Waals surface area contributed by atoms with Crippen molar-refractivity contribution >= 4 is 17.7 Å². The van der Waals surface area contributed by atoms with Gasteiger partial charge >= 0.3 is 12.1 Å². The SMILES string of the molecule is O=C(O)[C@@H](c1cccc(OCC(F)(F)F)c1)N1CCSCC1. The van der Waals surface area contributed by atoms with Gasteiger partial charge in [0.1, 0.15) is 11.8 Å². The summed E-state index contributed by atoms with van der Waals surface area (Å²) in [5.41, 5.74) is 0.430. The number of benzene rings is 1. The summed E-state index contributed by atoms with van der Waals surface area (Å²) in [6, 6.07) is 5.00. The molecule has 2 rings (SSSR count). The normalized spacial score (nSPS) is 18.0. The lowest BCUT2D eigenvalue weighted by Gasteiger charge is -2.32. The molecule has 1 aliphatic rings. The van der Waals surface area contributed by atoms with Gasteiger partial charge < -0.3 is 9.84 Å². The summed E-state index contributed by atoms with van der Waals surface area (Å²) in [7, 11) is 0. The van der Waals surface area contributed by atoms with Crippen molar-refractivity contribution in [1.29, 1.82) is 0 Å². The zero-order chi connectivity index (χ0) is 16.2. The molecule has 1 aliphatic heterocycles. The summed E-state index contributed by atoms with van der Waals surface area (Å²) in [5, 5.41) is 9.46. The molecule has 122 valence electrons. The zero-order valence-electron chi connectivity index (χ0n) is 11.7. The standard InChI is InChI=1S/C14H16F3NO3S/c15-14(16,17)9-21-11-3-1-2-10(8-11)12(13(19)20)18-4-6-22-7-5-18/h1-3,8,12H,4-7,9H2,(H,19,20)/t12-/m1/s1. The van der Waals surface area contributed by atoms with Crippen molar-refractivity contribution in [3.05, 3.63) is 29.8 Å². The molecule has 0 unspecified atom stereocenters. The van der Waals surface area contributed by atoms with Gasteiger partial charge in [-0.1, -0.05) is 12.1 Å². The fourth-order valence-corrected chi connectivity index (χ4v) is 3.22. The van der Waals surface area contributed by atoms with E-state index in [9.17, 15) is 23.1 Å². The van der Waals surface area contributed by atoms with Gasteiger partial charge in [-0.25, -0.2) is 0 Å². The summed E-state index contributed by atoms with van der Waals surface area (Å²) >= 11 is 1.75. The van der Waals surface area contributed by atoms with Crippen molar-refractivity contribution in [2.45, 2.75) is 12.2 Å². The number of nitrogens with zero attached hydrogens (tertiary/aromatic N) is 1. The molecule has 0 radical (unpaired) electrons. The summed E-state index contributed by atoms with van der Waals surface area (Å²) in [5.74, 6) is 0.689. The number of carboxylic acid groups (broad SMARTS) is 1. The molecule has 0 bridgehead atoms. The second kappa shape index (κ2) is 7.23. The smallest absolute Gasteiger partial charge is 0.422 e. The summed E-state index contributed by atoms with van der Waals surface area (Å²) in [4.78, 5) is 13.4. The molecule has 1 saturated heterocycles. The molecular weight excluding hydrogens is 319 g/mol. The lowest BCUT2D eigenvalue weighted by molar-refractivity contribution is -0.153. The highest BCUT2D eigenvalue weighted by Crippen LogP contribution is 2.28. The van der Waals surface area contributed by atoms with Crippen LogP contribution in [0, 0.1) is 0 Å². The Kier molecular flexibility index (Phi) is 5.57. The molecule has 4 nitrogen and oxygen atoms in total. The van der Waals surface area contributed by atoms with E-state index >= 15 is 0 Å². The van der Waals surface area contributed by atoms with Gasteiger partial charge in [-0.3, -0.25) is 9.69 Å². The van der Waals surface area contributed by atoms with Crippen LogP contribution < -0.4 is 4.74 Å². The van der Waals surface area contributed by atoms with Crippen LogP contribution in [-0.2, 0) is 4.79 Å². The number of thioether (sulfide) groups is 1. The third-order valence-corrected chi connectivity index (χ3v) is 4.16. The highest BCUT2D eigenvalue weighted by atomic mass is 32.2. The molecule has 1 atom stereocenters. The van der Waals surface area contributed by atoms with Crippen molar-refractivity contribution in [2.75, 3.05) is 31.2 Å². The maximum absolute atomic E-state index is 12.2. The Morgan fingerprint density at radius 2 is 2.05 bits per heavy atom. The number of carbonyl (C=O) groups is 1. The van der Waals surface area contributed by atoms with E-state index in [1.165, 1.54) is 18.2 Å². The van der Waals surface area contributed by atoms with Gasteiger partial charge in [0.2, 0.25) is 0 Å². The average Bonchev–Trinajstić information content (AvgIpc) is 2.46. The minimum Gasteiger partial charge on any atom is -0.484 e. The van der Waals surface area contributed by atoms with Crippen LogP contribution in [-0.4, -0.2) is 53.4 Å². The van der Waals surface area contributed by atoms with Gasteiger partial charge in [0, 0.05) is 24.6 Å². The van der Waals surface area contributed by atoms with Crippen LogP contribution in [0.4, 0.5) is 13.2 Å². The van der Waals surface area contributed by atoms with Crippen molar-refractivity contribution in [1.82, 2.24) is 4.90 Å². The first kappa shape index (κ1) is 17.0. The van der Waals surface area contributed by atoms with Crippen molar-refractivity contribution < 1.29 is 27.8 Å². The molecule has 0 spiro atoms. The first-order valence-electron chi connectivity index (χ1n) is 6.71. The number of aliphatic carboxylic acids is 1. The third-order valence-electron chi connectivity index (χ3n) is 3.22. The van der Waals surface area contributed by atoms with Crippen LogP contribution in [0.5, 0.6) is 5.75 Å². The Balaban J connectivity index is 2.15. The largest absolute Gasteiger partial charge is 0.484 e. The van der Waals surface area contributed by atoms with E-state index in [0.717, 1.165) is 11.5 Å². The molecule has 0 amide bonds. The molecule has 0 aliphatic carbocycles.